The first-order chi connectivity index (χ1) is 6.74. The van der Waals surface area contributed by atoms with E-state index in [1.807, 2.05) is 0 Å². The van der Waals surface area contributed by atoms with Crippen LogP contribution in [0.1, 0.15) is 11.7 Å². The fourth-order valence-corrected chi connectivity index (χ4v) is 1.33. The Morgan fingerprint density at radius 3 is 2.14 bits per heavy atom. The Kier molecular flexibility index (Phi) is 3.73. The third kappa shape index (κ3) is 1.97. The highest BCUT2D eigenvalue weighted by atomic mass is 16.5. The van der Waals surface area contributed by atoms with Crippen LogP contribution in [0.25, 0.3) is 0 Å². The SMILES string of the molecule is COc1cccc(OC)c1C(O)CN. The van der Waals surface area contributed by atoms with Crippen molar-refractivity contribution >= 4 is 0 Å². The minimum absolute atomic E-state index is 0.136. The van der Waals surface area contributed by atoms with Crippen LogP contribution in [0, 0.1) is 0 Å². The van der Waals surface area contributed by atoms with E-state index in [2.05, 4.69) is 0 Å². The number of nitrogens with two attached hydrogens (primary N) is 1. The Hall–Kier alpha value is -1.26. The molecule has 3 N–H and O–H groups in total. The van der Waals surface area contributed by atoms with Crippen LogP contribution in [0.2, 0.25) is 0 Å². The van der Waals surface area contributed by atoms with Crippen LogP contribution >= 0.6 is 0 Å². The van der Waals surface area contributed by atoms with Crippen molar-refractivity contribution in [3.63, 3.8) is 0 Å². The van der Waals surface area contributed by atoms with Crippen LogP contribution in [-0.2, 0) is 0 Å². The molecule has 0 saturated heterocycles. The van der Waals surface area contributed by atoms with E-state index in [9.17, 15) is 5.11 Å². The van der Waals surface area contributed by atoms with Crippen molar-refractivity contribution in [1.29, 1.82) is 0 Å². The van der Waals surface area contributed by atoms with E-state index < -0.39 is 6.10 Å². The Bertz CT molecular complexity index is 279. The molecule has 0 aromatic heterocycles. The van der Waals surface area contributed by atoms with Crippen molar-refractivity contribution in [3.05, 3.63) is 23.8 Å². The molecule has 0 fully saturated rings. The molecule has 0 bridgehead atoms. The van der Waals surface area contributed by atoms with Gasteiger partial charge in [0.05, 0.1) is 25.9 Å². The van der Waals surface area contributed by atoms with Crippen molar-refractivity contribution in [2.75, 3.05) is 20.8 Å². The highest BCUT2D eigenvalue weighted by molar-refractivity contribution is 5.46. The Labute approximate surface area is 83.3 Å². The largest absolute Gasteiger partial charge is 0.496 e. The number of hydrogen-bond donors (Lipinski definition) is 2. The van der Waals surface area contributed by atoms with E-state index in [1.165, 1.54) is 0 Å². The molecule has 1 unspecified atom stereocenters. The molecule has 0 aliphatic carbocycles. The van der Waals surface area contributed by atoms with Gasteiger partial charge in [0.15, 0.2) is 0 Å². The third-order valence-electron chi connectivity index (χ3n) is 2.02. The van der Waals surface area contributed by atoms with Crippen molar-refractivity contribution in [2.24, 2.45) is 5.73 Å². The van der Waals surface area contributed by atoms with Gasteiger partial charge in [0.25, 0.3) is 0 Å². The van der Waals surface area contributed by atoms with Crippen LogP contribution in [0.5, 0.6) is 11.5 Å². The van der Waals surface area contributed by atoms with Gasteiger partial charge >= 0.3 is 0 Å². The molecule has 0 amide bonds. The number of aliphatic hydroxyl groups is 1. The Morgan fingerprint density at radius 2 is 1.79 bits per heavy atom. The topological polar surface area (TPSA) is 64.7 Å². The summed E-state index contributed by atoms with van der Waals surface area (Å²) in [5.41, 5.74) is 5.99. The number of rotatable bonds is 4. The lowest BCUT2D eigenvalue weighted by Gasteiger charge is -2.16. The molecule has 4 heteroatoms. The normalized spacial score (nSPS) is 12.3. The molecule has 0 aliphatic rings. The molecule has 1 rings (SSSR count). The molecular formula is C10H15NO3. The number of aliphatic hydroxyl groups excluding tert-OH is 1. The Morgan fingerprint density at radius 1 is 1.29 bits per heavy atom. The molecule has 0 spiro atoms. The van der Waals surface area contributed by atoms with Crippen LogP contribution in [0.15, 0.2) is 18.2 Å². The summed E-state index contributed by atoms with van der Waals surface area (Å²) in [6, 6.07) is 5.32. The predicted molar refractivity (Wildman–Crippen MR) is 53.6 cm³/mol. The summed E-state index contributed by atoms with van der Waals surface area (Å²) < 4.78 is 10.2. The first-order valence-corrected chi connectivity index (χ1v) is 4.33. The van der Waals surface area contributed by atoms with E-state index in [4.69, 9.17) is 15.2 Å². The zero-order valence-corrected chi connectivity index (χ0v) is 8.36. The van der Waals surface area contributed by atoms with Gasteiger partial charge in [-0.05, 0) is 12.1 Å². The Balaban J connectivity index is 3.18. The van der Waals surface area contributed by atoms with Crippen molar-refractivity contribution < 1.29 is 14.6 Å². The average molecular weight is 197 g/mol. The van der Waals surface area contributed by atoms with Crippen molar-refractivity contribution in [1.82, 2.24) is 0 Å². The molecule has 78 valence electrons. The average Bonchev–Trinajstić information content (AvgIpc) is 2.26. The fourth-order valence-electron chi connectivity index (χ4n) is 1.33. The van der Waals surface area contributed by atoms with Crippen LogP contribution in [0.4, 0.5) is 0 Å². The minimum atomic E-state index is -0.763. The number of benzene rings is 1. The van der Waals surface area contributed by atoms with Gasteiger partial charge in [-0.1, -0.05) is 6.07 Å². The van der Waals surface area contributed by atoms with E-state index in [-0.39, 0.29) is 6.54 Å². The van der Waals surface area contributed by atoms with Gasteiger partial charge in [-0.2, -0.15) is 0 Å². The first-order valence-electron chi connectivity index (χ1n) is 4.33. The molecule has 1 aromatic carbocycles. The zero-order valence-electron chi connectivity index (χ0n) is 8.36. The third-order valence-corrected chi connectivity index (χ3v) is 2.02. The van der Waals surface area contributed by atoms with Crippen molar-refractivity contribution in [3.8, 4) is 11.5 Å². The number of methoxy groups -OCH3 is 2. The lowest BCUT2D eigenvalue weighted by molar-refractivity contribution is 0.177. The smallest absolute Gasteiger partial charge is 0.128 e. The van der Waals surface area contributed by atoms with E-state index in [1.54, 1.807) is 32.4 Å². The summed E-state index contributed by atoms with van der Waals surface area (Å²) >= 11 is 0. The van der Waals surface area contributed by atoms with Crippen LogP contribution in [-0.4, -0.2) is 25.9 Å². The highest BCUT2D eigenvalue weighted by Crippen LogP contribution is 2.33. The second-order valence-corrected chi connectivity index (χ2v) is 2.83. The summed E-state index contributed by atoms with van der Waals surface area (Å²) in [4.78, 5) is 0. The summed E-state index contributed by atoms with van der Waals surface area (Å²) in [6.07, 6.45) is -0.763. The summed E-state index contributed by atoms with van der Waals surface area (Å²) in [5, 5.41) is 9.67. The van der Waals surface area contributed by atoms with Gasteiger partial charge in [0.2, 0.25) is 0 Å². The maximum atomic E-state index is 9.67. The molecule has 1 atom stereocenters. The zero-order chi connectivity index (χ0) is 10.6. The van der Waals surface area contributed by atoms with Gasteiger partial charge in [0.1, 0.15) is 11.5 Å². The van der Waals surface area contributed by atoms with Crippen LogP contribution < -0.4 is 15.2 Å². The molecule has 0 heterocycles. The maximum absolute atomic E-state index is 9.67. The molecule has 0 radical (unpaired) electrons. The number of ether oxygens (including phenoxy) is 2. The highest BCUT2D eigenvalue weighted by Gasteiger charge is 2.16. The molecule has 4 nitrogen and oxygen atoms in total. The molecule has 1 aromatic rings. The standard InChI is InChI=1S/C10H15NO3/c1-13-8-4-3-5-9(14-2)10(8)7(12)6-11/h3-5,7,12H,6,11H2,1-2H3. The van der Waals surface area contributed by atoms with E-state index in [0.29, 0.717) is 17.1 Å². The van der Waals surface area contributed by atoms with Crippen molar-refractivity contribution in [2.45, 2.75) is 6.10 Å². The molecule has 14 heavy (non-hydrogen) atoms. The second-order valence-electron chi connectivity index (χ2n) is 2.83. The number of hydrogen-bond acceptors (Lipinski definition) is 4. The quantitative estimate of drug-likeness (QED) is 0.745. The van der Waals surface area contributed by atoms with Gasteiger partial charge in [-0.3, -0.25) is 0 Å². The van der Waals surface area contributed by atoms with Gasteiger partial charge in [0, 0.05) is 6.54 Å². The van der Waals surface area contributed by atoms with E-state index >= 15 is 0 Å². The van der Waals surface area contributed by atoms with Crippen LogP contribution in [0.3, 0.4) is 0 Å². The molecule has 0 saturated carbocycles. The molecule has 0 aliphatic heterocycles. The summed E-state index contributed by atoms with van der Waals surface area (Å²) in [6.45, 7) is 0.136. The fraction of sp³-hybridized carbons (Fsp3) is 0.400. The summed E-state index contributed by atoms with van der Waals surface area (Å²) in [7, 11) is 3.09. The predicted octanol–water partition coefficient (Wildman–Crippen LogP) is 0.696. The first kappa shape index (κ1) is 10.8. The lowest BCUT2D eigenvalue weighted by Crippen LogP contribution is -2.13. The second kappa shape index (κ2) is 4.83. The van der Waals surface area contributed by atoms with Gasteiger partial charge in [-0.15, -0.1) is 0 Å². The molecular weight excluding hydrogens is 182 g/mol. The lowest BCUT2D eigenvalue weighted by atomic mass is 10.1. The maximum Gasteiger partial charge on any atom is 0.128 e. The summed E-state index contributed by atoms with van der Waals surface area (Å²) in [5.74, 6) is 1.17. The minimum Gasteiger partial charge on any atom is -0.496 e. The van der Waals surface area contributed by atoms with Gasteiger partial charge in [-0.25, -0.2) is 0 Å². The van der Waals surface area contributed by atoms with E-state index in [0.717, 1.165) is 0 Å². The van der Waals surface area contributed by atoms with Gasteiger partial charge < -0.3 is 20.3 Å². The monoisotopic (exact) mass is 197 g/mol.